The zero-order valence-corrected chi connectivity index (χ0v) is 21.4. The number of amides is 1. The van der Waals surface area contributed by atoms with Gasteiger partial charge in [-0.1, -0.05) is 6.58 Å². The Bertz CT molecular complexity index is 981. The van der Waals surface area contributed by atoms with E-state index in [1.807, 2.05) is 0 Å². The number of hydrogen-bond donors (Lipinski definition) is 7. The van der Waals surface area contributed by atoms with Gasteiger partial charge < -0.3 is 49.9 Å². The minimum absolute atomic E-state index is 0.0101. The summed E-state index contributed by atoms with van der Waals surface area (Å²) >= 11 is 3.87. The molecule has 0 radical (unpaired) electrons. The van der Waals surface area contributed by atoms with E-state index in [1.54, 1.807) is 6.92 Å². The summed E-state index contributed by atoms with van der Waals surface area (Å²) in [6.07, 6.45) is -10.6. The minimum atomic E-state index is -5.70. The van der Waals surface area contributed by atoms with Crippen molar-refractivity contribution >= 4 is 34.2 Å². The number of aliphatic hydroxyl groups excluding tert-OH is 4. The molecule has 6 N–H and O–H groups in total. The molecule has 0 bridgehead atoms. The number of phosphoric ester groups is 2. The van der Waals surface area contributed by atoms with Crippen LogP contribution in [-0.2, 0) is 36.8 Å². The number of nitrogens with zero attached hydrogens (tertiary/aromatic N) is 1. The first kappa shape index (κ1) is 29.7. The van der Waals surface area contributed by atoms with Gasteiger partial charge in [-0.2, -0.15) is 12.6 Å². The van der Waals surface area contributed by atoms with Crippen molar-refractivity contribution in [3.63, 3.8) is 0 Å². The highest BCUT2D eigenvalue weighted by Gasteiger charge is 2.46. The van der Waals surface area contributed by atoms with Crippen molar-refractivity contribution in [2.24, 2.45) is 0 Å². The second kappa shape index (κ2) is 11.5. The predicted octanol–water partition coefficient (Wildman–Crippen LogP) is -2.37. The highest BCUT2D eigenvalue weighted by Crippen LogP contribution is 2.59. The van der Waals surface area contributed by atoms with Gasteiger partial charge in [0.15, 0.2) is 6.29 Å². The van der Waals surface area contributed by atoms with Gasteiger partial charge in [-0.15, -0.1) is 0 Å². The average molecular weight is 577 g/mol. The summed E-state index contributed by atoms with van der Waals surface area (Å²) in [6.45, 7) is 4.45. The van der Waals surface area contributed by atoms with Crippen molar-refractivity contribution in [3.05, 3.63) is 24.2 Å². The summed E-state index contributed by atoms with van der Waals surface area (Å²) in [5.74, 6) is -0.377. The first-order chi connectivity index (χ1) is 16.6. The van der Waals surface area contributed by atoms with E-state index in [1.165, 1.54) is 11.1 Å². The van der Waals surface area contributed by atoms with Crippen molar-refractivity contribution < 1.29 is 67.0 Å². The van der Waals surface area contributed by atoms with E-state index < -0.39 is 71.4 Å². The average Bonchev–Trinajstić information content (AvgIpc) is 3.14. The molecule has 0 spiro atoms. The van der Waals surface area contributed by atoms with E-state index in [0.717, 1.165) is 0 Å². The summed E-state index contributed by atoms with van der Waals surface area (Å²) in [5.41, 5.74) is 0.342. The summed E-state index contributed by atoms with van der Waals surface area (Å²) in [5, 5.41) is 42.2. The fourth-order valence-electron chi connectivity index (χ4n) is 3.55. The Labute approximate surface area is 210 Å². The lowest BCUT2D eigenvalue weighted by Crippen LogP contribution is -2.58. The van der Waals surface area contributed by atoms with Gasteiger partial charge in [-0.3, -0.25) is 18.4 Å². The van der Waals surface area contributed by atoms with Gasteiger partial charge in [0.25, 0.3) is 13.7 Å². The Morgan fingerprint density at radius 2 is 1.89 bits per heavy atom. The normalized spacial score (nSPS) is 38.8. The molecule has 3 rings (SSSR count). The molecular formula is C17H27N2O14P2S-. The van der Waals surface area contributed by atoms with Crippen LogP contribution in [0.25, 0.3) is 0 Å². The van der Waals surface area contributed by atoms with Crippen molar-refractivity contribution in [1.82, 2.24) is 10.2 Å². The van der Waals surface area contributed by atoms with E-state index in [2.05, 4.69) is 37.9 Å². The highest BCUT2D eigenvalue weighted by atomic mass is 32.1. The van der Waals surface area contributed by atoms with Crippen molar-refractivity contribution in [2.45, 2.75) is 62.5 Å². The molecule has 0 aromatic heterocycles. The van der Waals surface area contributed by atoms with Crippen molar-refractivity contribution in [1.29, 1.82) is 0 Å². The van der Waals surface area contributed by atoms with Crippen molar-refractivity contribution in [3.8, 4) is 0 Å². The number of hydrogen-bond acceptors (Lipinski definition) is 15. The molecule has 16 nitrogen and oxygen atoms in total. The molecule has 0 aliphatic carbocycles. The molecule has 2 fully saturated rings. The number of rotatable bonds is 9. The second-order valence-electron chi connectivity index (χ2n) is 8.15. The predicted molar refractivity (Wildman–Crippen MR) is 118 cm³/mol. The lowest BCUT2D eigenvalue weighted by molar-refractivity contribution is -0.295. The molecule has 206 valence electrons. The van der Waals surface area contributed by atoms with Gasteiger partial charge in [-0.25, -0.2) is 8.88 Å². The van der Waals surface area contributed by atoms with Crippen molar-refractivity contribution in [2.75, 3.05) is 12.4 Å². The summed E-state index contributed by atoms with van der Waals surface area (Å²) in [6, 6.07) is 0. The first-order valence-corrected chi connectivity index (χ1v) is 14.0. The highest BCUT2D eigenvalue weighted by molar-refractivity contribution is 7.80. The largest absolute Gasteiger partial charge is 0.756 e. The molecule has 5 unspecified atom stereocenters. The molecular weight excluding hydrogens is 550 g/mol. The molecule has 19 heteroatoms. The maximum absolute atomic E-state index is 12.2. The van der Waals surface area contributed by atoms with Crippen LogP contribution in [0.1, 0.15) is 13.3 Å². The van der Waals surface area contributed by atoms with Crippen LogP contribution < -0.4 is 10.2 Å². The molecule has 1 amide bonds. The Kier molecular flexibility index (Phi) is 9.46. The molecule has 2 saturated heterocycles. The molecule has 10 atom stereocenters. The fourth-order valence-corrected chi connectivity index (χ4v) is 5.97. The topological polar surface area (TPSA) is 237 Å². The van der Waals surface area contributed by atoms with Gasteiger partial charge in [0.05, 0.1) is 18.8 Å². The Balaban J connectivity index is 1.56. The maximum Gasteiger partial charge on any atom is 0.478 e. The van der Waals surface area contributed by atoms with Gasteiger partial charge in [0, 0.05) is 23.9 Å². The van der Waals surface area contributed by atoms with Crippen LogP contribution in [0, 0.1) is 0 Å². The molecule has 0 saturated carbocycles. The van der Waals surface area contributed by atoms with Crippen LogP contribution in [0.15, 0.2) is 24.2 Å². The molecule has 3 aliphatic rings. The van der Waals surface area contributed by atoms with E-state index >= 15 is 0 Å². The summed E-state index contributed by atoms with van der Waals surface area (Å²) in [7, 11) is -11.1. The quantitative estimate of drug-likeness (QED) is 0.112. The Morgan fingerprint density at radius 1 is 1.22 bits per heavy atom. The molecule has 0 aromatic rings. The van der Waals surface area contributed by atoms with Crippen LogP contribution in [0.3, 0.4) is 0 Å². The lowest BCUT2D eigenvalue weighted by atomic mass is 10.0. The van der Waals surface area contributed by atoms with Gasteiger partial charge >= 0.3 is 7.82 Å². The van der Waals surface area contributed by atoms with E-state index in [-0.39, 0.29) is 23.9 Å². The van der Waals surface area contributed by atoms with Gasteiger partial charge in [0.2, 0.25) is 0 Å². The zero-order valence-electron chi connectivity index (χ0n) is 18.7. The Hall–Kier alpha value is -0.880. The number of aliphatic hydroxyl groups is 4. The number of carbonyl (C=O) groups excluding carboxylic acids is 1. The van der Waals surface area contributed by atoms with Gasteiger partial charge in [-0.05, 0) is 6.92 Å². The van der Waals surface area contributed by atoms with E-state index in [0.29, 0.717) is 5.57 Å². The monoisotopic (exact) mass is 577 g/mol. The van der Waals surface area contributed by atoms with Gasteiger partial charge in [0.1, 0.15) is 36.5 Å². The Morgan fingerprint density at radius 3 is 2.53 bits per heavy atom. The molecule has 0 aromatic carbocycles. The third-order valence-electron chi connectivity index (χ3n) is 5.46. The van der Waals surface area contributed by atoms with Crippen LogP contribution in [0.4, 0.5) is 0 Å². The number of carbonyl (C=O) groups is 1. The molecule has 3 heterocycles. The SMILES string of the molecule is C=C1NC(=O)C(C)=CN1[C@H]1CC(O)[C@@H](COP(=O)(O)OP(=O)([O-])O[C@H]2OC(CS)[C@@H](O)[C@H](O)C2O)O1. The molecule has 3 aliphatic heterocycles. The number of thiol groups is 1. The zero-order chi connectivity index (χ0) is 27.0. The van der Waals surface area contributed by atoms with Crippen LogP contribution in [0.5, 0.6) is 0 Å². The summed E-state index contributed by atoms with van der Waals surface area (Å²) < 4.78 is 48.1. The van der Waals surface area contributed by atoms with Crippen LogP contribution in [-0.4, -0.2) is 97.6 Å². The number of phosphoric acid groups is 2. The fraction of sp³-hybridized carbons (Fsp3) is 0.706. The lowest BCUT2D eigenvalue weighted by Gasteiger charge is -2.41. The third-order valence-corrected chi connectivity index (χ3v) is 8.39. The smallest absolute Gasteiger partial charge is 0.478 e. The second-order valence-corrected chi connectivity index (χ2v) is 11.5. The molecule has 36 heavy (non-hydrogen) atoms. The standard InChI is InChI=1S/C17H28N2O14P2S/c1-7-4-19(8(2)18-16(7)24)12-3-9(20)10(30-12)5-29-34(25,26)33-35(27,28)32-17-15(23)14(22)13(21)11(6-36)31-17/h4,9-15,17,20-23,36H,2-3,5-6H2,1H3,(H,18,24)(H,25,26)(H,27,28)/p-1/t9?,10-,11?,12-,13-,14+,15?,17-/m1/s1. The van der Waals surface area contributed by atoms with Crippen LogP contribution >= 0.6 is 28.3 Å². The van der Waals surface area contributed by atoms with E-state index in [9.17, 15) is 44.1 Å². The maximum atomic E-state index is 12.2. The van der Waals surface area contributed by atoms with E-state index in [4.69, 9.17) is 9.47 Å². The third kappa shape index (κ3) is 6.95. The first-order valence-electron chi connectivity index (χ1n) is 10.4. The minimum Gasteiger partial charge on any atom is -0.756 e. The number of nitrogens with one attached hydrogen (secondary N) is 1. The number of ether oxygens (including phenoxy) is 2. The van der Waals surface area contributed by atoms with Crippen LogP contribution in [0.2, 0.25) is 0 Å². The summed E-state index contributed by atoms with van der Waals surface area (Å²) in [4.78, 5) is 35.1.